The molecule has 0 atom stereocenters. The van der Waals surface area contributed by atoms with Gasteiger partial charge in [0.05, 0.1) is 11.3 Å². The van der Waals surface area contributed by atoms with Crippen LogP contribution in [0, 0.1) is 18.3 Å². The number of hydrogen-bond acceptors (Lipinski definition) is 3. The standard InChI is InChI=1S/C15H14BrN3/c1-10-11(3-2-4-14(10)18)9-19-15-6-5-13(16)7-12(15)8-17/h2-7,19H,9,18H2,1H3. The minimum absolute atomic E-state index is 0.621. The van der Waals surface area contributed by atoms with Crippen molar-refractivity contribution in [1.29, 1.82) is 5.26 Å². The summed E-state index contributed by atoms with van der Waals surface area (Å²) in [4.78, 5) is 0. The van der Waals surface area contributed by atoms with E-state index in [4.69, 9.17) is 11.0 Å². The van der Waals surface area contributed by atoms with Crippen molar-refractivity contribution in [2.75, 3.05) is 11.1 Å². The second-order valence-electron chi connectivity index (χ2n) is 4.29. The molecule has 0 aromatic heterocycles. The average molecular weight is 316 g/mol. The average Bonchev–Trinajstić information content (AvgIpc) is 2.41. The third-order valence-corrected chi connectivity index (χ3v) is 3.55. The molecule has 0 aliphatic carbocycles. The predicted molar refractivity (Wildman–Crippen MR) is 81.8 cm³/mol. The maximum absolute atomic E-state index is 9.11. The highest BCUT2D eigenvalue weighted by atomic mass is 79.9. The molecule has 2 aromatic carbocycles. The van der Waals surface area contributed by atoms with Crippen molar-refractivity contribution >= 4 is 27.3 Å². The van der Waals surface area contributed by atoms with Crippen LogP contribution in [0.1, 0.15) is 16.7 Å². The number of nitrogens with two attached hydrogens (primary N) is 1. The van der Waals surface area contributed by atoms with Crippen molar-refractivity contribution in [3.63, 3.8) is 0 Å². The summed E-state index contributed by atoms with van der Waals surface area (Å²) in [5, 5.41) is 12.4. The zero-order valence-electron chi connectivity index (χ0n) is 10.6. The third kappa shape index (κ3) is 3.07. The molecule has 0 fully saturated rings. The van der Waals surface area contributed by atoms with Crippen molar-refractivity contribution in [3.8, 4) is 6.07 Å². The molecule has 0 radical (unpaired) electrons. The number of nitriles is 1. The monoisotopic (exact) mass is 315 g/mol. The van der Waals surface area contributed by atoms with Crippen molar-refractivity contribution in [2.45, 2.75) is 13.5 Å². The first-order chi connectivity index (χ1) is 9.11. The second-order valence-corrected chi connectivity index (χ2v) is 5.20. The third-order valence-electron chi connectivity index (χ3n) is 3.06. The van der Waals surface area contributed by atoms with Gasteiger partial charge in [-0.1, -0.05) is 28.1 Å². The molecule has 0 spiro atoms. The zero-order valence-corrected chi connectivity index (χ0v) is 12.2. The molecule has 3 N–H and O–H groups in total. The van der Waals surface area contributed by atoms with E-state index in [1.807, 2.05) is 37.3 Å². The number of nitrogens with one attached hydrogen (secondary N) is 1. The van der Waals surface area contributed by atoms with Crippen LogP contribution in [0.4, 0.5) is 11.4 Å². The predicted octanol–water partition coefficient (Wildman–Crippen LogP) is 3.82. The lowest BCUT2D eigenvalue weighted by Crippen LogP contribution is -2.04. The van der Waals surface area contributed by atoms with E-state index in [-0.39, 0.29) is 0 Å². The molecule has 2 aromatic rings. The normalized spacial score (nSPS) is 9.95. The lowest BCUT2D eigenvalue weighted by molar-refractivity contribution is 1.12. The van der Waals surface area contributed by atoms with Crippen molar-refractivity contribution in [3.05, 3.63) is 57.6 Å². The van der Waals surface area contributed by atoms with Crippen LogP contribution < -0.4 is 11.1 Å². The molecule has 0 aliphatic rings. The summed E-state index contributed by atoms with van der Waals surface area (Å²) in [5.74, 6) is 0. The van der Waals surface area contributed by atoms with Crippen LogP contribution >= 0.6 is 15.9 Å². The van der Waals surface area contributed by atoms with Crippen LogP contribution in [-0.2, 0) is 6.54 Å². The Bertz CT molecular complexity index is 644. The molecule has 2 rings (SSSR count). The van der Waals surface area contributed by atoms with Gasteiger partial charge in [-0.25, -0.2) is 0 Å². The van der Waals surface area contributed by atoms with Gasteiger partial charge >= 0.3 is 0 Å². The van der Waals surface area contributed by atoms with E-state index in [0.29, 0.717) is 12.1 Å². The number of nitrogen functional groups attached to an aromatic ring is 1. The number of anilines is 2. The van der Waals surface area contributed by atoms with Crippen LogP contribution in [0.2, 0.25) is 0 Å². The van der Waals surface area contributed by atoms with Gasteiger partial charge in [0, 0.05) is 16.7 Å². The summed E-state index contributed by atoms with van der Waals surface area (Å²) in [5.41, 5.74) is 10.3. The minimum Gasteiger partial charge on any atom is -0.399 e. The van der Waals surface area contributed by atoms with Crippen LogP contribution in [-0.4, -0.2) is 0 Å². The Kier molecular flexibility index (Phi) is 4.08. The fraction of sp³-hybridized carbons (Fsp3) is 0.133. The van der Waals surface area contributed by atoms with E-state index in [9.17, 15) is 0 Å². The highest BCUT2D eigenvalue weighted by Gasteiger charge is 2.04. The molecule has 96 valence electrons. The SMILES string of the molecule is Cc1c(N)cccc1CNc1ccc(Br)cc1C#N. The quantitative estimate of drug-likeness (QED) is 0.846. The van der Waals surface area contributed by atoms with Crippen molar-refractivity contribution in [1.82, 2.24) is 0 Å². The molecule has 0 aliphatic heterocycles. The summed E-state index contributed by atoms with van der Waals surface area (Å²) in [6.45, 7) is 2.65. The van der Waals surface area contributed by atoms with Gasteiger partial charge in [-0.15, -0.1) is 0 Å². The van der Waals surface area contributed by atoms with Crippen LogP contribution in [0.5, 0.6) is 0 Å². The van der Waals surface area contributed by atoms with Crippen LogP contribution in [0.25, 0.3) is 0 Å². The zero-order chi connectivity index (χ0) is 13.8. The van der Waals surface area contributed by atoms with Gasteiger partial charge < -0.3 is 11.1 Å². The highest BCUT2D eigenvalue weighted by Crippen LogP contribution is 2.22. The first-order valence-corrected chi connectivity index (χ1v) is 6.68. The first kappa shape index (κ1) is 13.4. The van der Waals surface area contributed by atoms with E-state index in [1.165, 1.54) is 0 Å². The topological polar surface area (TPSA) is 61.8 Å². The molecule has 0 bridgehead atoms. The van der Waals surface area contributed by atoms with E-state index in [2.05, 4.69) is 27.3 Å². The second kappa shape index (κ2) is 5.77. The van der Waals surface area contributed by atoms with Gasteiger partial charge in [0.1, 0.15) is 6.07 Å². The van der Waals surface area contributed by atoms with Gasteiger partial charge in [-0.05, 0) is 42.3 Å². The van der Waals surface area contributed by atoms with Gasteiger partial charge in [0.25, 0.3) is 0 Å². The molecule has 0 saturated heterocycles. The Hall–Kier alpha value is -1.99. The van der Waals surface area contributed by atoms with Gasteiger partial charge in [0.15, 0.2) is 0 Å². The summed E-state index contributed by atoms with van der Waals surface area (Å²) in [6, 6.07) is 13.6. The van der Waals surface area contributed by atoms with Crippen molar-refractivity contribution in [2.24, 2.45) is 0 Å². The molecular formula is C15H14BrN3. The number of hydrogen-bond donors (Lipinski definition) is 2. The first-order valence-electron chi connectivity index (χ1n) is 5.89. The number of rotatable bonds is 3. The molecule has 0 saturated carbocycles. The number of nitrogens with zero attached hydrogens (tertiary/aromatic N) is 1. The van der Waals surface area contributed by atoms with Gasteiger partial charge in [-0.3, -0.25) is 0 Å². The minimum atomic E-state index is 0.621. The van der Waals surface area contributed by atoms with E-state index >= 15 is 0 Å². The van der Waals surface area contributed by atoms with E-state index in [0.717, 1.165) is 27.0 Å². The Labute approximate surface area is 121 Å². The van der Waals surface area contributed by atoms with E-state index in [1.54, 1.807) is 6.07 Å². The molecule has 0 heterocycles. The largest absolute Gasteiger partial charge is 0.399 e. The Morgan fingerprint density at radius 1 is 1.32 bits per heavy atom. The summed E-state index contributed by atoms with van der Waals surface area (Å²) < 4.78 is 0.898. The lowest BCUT2D eigenvalue weighted by atomic mass is 10.1. The smallest absolute Gasteiger partial charge is 0.101 e. The molecular weight excluding hydrogens is 302 g/mol. The van der Waals surface area contributed by atoms with Crippen LogP contribution in [0.3, 0.4) is 0 Å². The Balaban J connectivity index is 2.20. The fourth-order valence-electron chi connectivity index (χ4n) is 1.85. The molecule has 0 amide bonds. The Morgan fingerprint density at radius 3 is 2.84 bits per heavy atom. The Morgan fingerprint density at radius 2 is 2.11 bits per heavy atom. The molecule has 19 heavy (non-hydrogen) atoms. The van der Waals surface area contributed by atoms with Crippen molar-refractivity contribution < 1.29 is 0 Å². The fourth-order valence-corrected chi connectivity index (χ4v) is 2.21. The number of benzene rings is 2. The van der Waals surface area contributed by atoms with E-state index < -0.39 is 0 Å². The lowest BCUT2D eigenvalue weighted by Gasteiger charge is -2.12. The van der Waals surface area contributed by atoms with Gasteiger partial charge in [-0.2, -0.15) is 5.26 Å². The van der Waals surface area contributed by atoms with Gasteiger partial charge in [0.2, 0.25) is 0 Å². The summed E-state index contributed by atoms with van der Waals surface area (Å²) >= 11 is 3.36. The molecule has 3 nitrogen and oxygen atoms in total. The summed E-state index contributed by atoms with van der Waals surface area (Å²) in [7, 11) is 0. The highest BCUT2D eigenvalue weighted by molar-refractivity contribution is 9.10. The number of halogens is 1. The molecule has 4 heteroatoms. The maximum atomic E-state index is 9.11. The van der Waals surface area contributed by atoms with Crippen LogP contribution in [0.15, 0.2) is 40.9 Å². The maximum Gasteiger partial charge on any atom is 0.101 e. The molecule has 0 unspecified atom stereocenters. The summed E-state index contributed by atoms with van der Waals surface area (Å²) in [6.07, 6.45) is 0.